The Bertz CT molecular complexity index is 1330. The van der Waals surface area contributed by atoms with Gasteiger partial charge in [0.05, 0.1) is 23.0 Å². The van der Waals surface area contributed by atoms with Gasteiger partial charge in [0.2, 0.25) is 5.91 Å². The van der Waals surface area contributed by atoms with E-state index in [1.54, 1.807) is 16.9 Å². The zero-order chi connectivity index (χ0) is 26.8. The second-order valence-corrected chi connectivity index (χ2v) is 10.5. The summed E-state index contributed by atoms with van der Waals surface area (Å²) in [5.74, 6) is 0.917. The summed E-state index contributed by atoms with van der Waals surface area (Å²) in [5, 5.41) is 15.9. The van der Waals surface area contributed by atoms with Gasteiger partial charge in [-0.1, -0.05) is 44.2 Å². The Balaban J connectivity index is 1.23. The topological polar surface area (TPSA) is 96.2 Å². The number of carbonyl (C=O) groups excluding carboxylic acids is 2. The quantitative estimate of drug-likeness (QED) is 0.496. The van der Waals surface area contributed by atoms with Crippen molar-refractivity contribution in [3.63, 3.8) is 0 Å². The second-order valence-electron chi connectivity index (χ2n) is 10.5. The molecule has 3 aromatic rings. The molecule has 2 aliphatic heterocycles. The first-order valence-corrected chi connectivity index (χ1v) is 13.2. The minimum Gasteiger partial charge on any atom is -0.349 e. The van der Waals surface area contributed by atoms with Gasteiger partial charge in [-0.3, -0.25) is 14.5 Å². The van der Waals surface area contributed by atoms with Crippen molar-refractivity contribution in [2.45, 2.75) is 40.2 Å². The van der Waals surface area contributed by atoms with Crippen LogP contribution in [0.4, 0.5) is 0 Å². The molecule has 9 nitrogen and oxygen atoms in total. The molecule has 38 heavy (non-hydrogen) atoms. The third-order valence-electron chi connectivity index (χ3n) is 7.47. The fourth-order valence-electron chi connectivity index (χ4n) is 5.39. The lowest BCUT2D eigenvalue weighted by Crippen LogP contribution is -2.35. The van der Waals surface area contributed by atoms with E-state index in [0.29, 0.717) is 29.5 Å². The number of amides is 2. The maximum atomic E-state index is 13.5. The van der Waals surface area contributed by atoms with Crippen molar-refractivity contribution in [1.82, 2.24) is 35.1 Å². The minimum atomic E-state index is -0.0546. The number of aromatic nitrogens is 4. The van der Waals surface area contributed by atoms with Crippen molar-refractivity contribution in [2.24, 2.45) is 11.8 Å². The van der Waals surface area contributed by atoms with Gasteiger partial charge in [-0.15, -0.1) is 5.10 Å². The molecule has 9 heteroatoms. The highest BCUT2D eigenvalue weighted by Gasteiger charge is 2.37. The highest BCUT2D eigenvalue weighted by atomic mass is 16.2. The van der Waals surface area contributed by atoms with Gasteiger partial charge in [0, 0.05) is 50.4 Å². The third-order valence-corrected chi connectivity index (χ3v) is 7.47. The fourth-order valence-corrected chi connectivity index (χ4v) is 5.39. The van der Waals surface area contributed by atoms with Gasteiger partial charge in [-0.25, -0.2) is 4.68 Å². The molecule has 1 aromatic carbocycles. The fraction of sp³-hybridized carbons (Fsp3) is 0.414. The highest BCUT2D eigenvalue weighted by Crippen LogP contribution is 2.32. The van der Waals surface area contributed by atoms with E-state index < -0.39 is 0 Å². The molecular weight excluding hydrogens is 478 g/mol. The Labute approximate surface area is 223 Å². The summed E-state index contributed by atoms with van der Waals surface area (Å²) in [6.07, 6.45) is 4.48. The van der Waals surface area contributed by atoms with Crippen LogP contribution in [-0.4, -0.2) is 67.8 Å². The zero-order valence-electron chi connectivity index (χ0n) is 22.5. The standard InChI is InChI=1S/C29H35N7O2/c1-19(2)28(37)31-25(22-9-6-5-7-10-22)12-14-34-15-23-17-35(18-24(23)16-34)29(38)27-20(3)33-36(21(27)4)26-11-8-13-30-32-26/h5-11,13,17,19,24-25H,12,14-16,18H2,1-4H3,(H,31,37)/t24?,25-/m0/s1. The molecule has 1 N–H and O–H groups in total. The minimum absolute atomic E-state index is 0.0182. The molecule has 2 aromatic heterocycles. The first kappa shape index (κ1) is 25.8. The highest BCUT2D eigenvalue weighted by molar-refractivity contribution is 5.97. The van der Waals surface area contributed by atoms with Crippen molar-refractivity contribution < 1.29 is 9.59 Å². The first-order chi connectivity index (χ1) is 18.3. The van der Waals surface area contributed by atoms with E-state index in [-0.39, 0.29) is 23.8 Å². The molecule has 0 spiro atoms. The summed E-state index contributed by atoms with van der Waals surface area (Å²) in [6.45, 7) is 10.9. The summed E-state index contributed by atoms with van der Waals surface area (Å²) in [6, 6.07) is 13.8. The van der Waals surface area contributed by atoms with Gasteiger partial charge in [0.1, 0.15) is 0 Å². The zero-order valence-corrected chi connectivity index (χ0v) is 22.5. The number of aryl methyl sites for hydroxylation is 1. The van der Waals surface area contributed by atoms with Gasteiger partial charge >= 0.3 is 0 Å². The summed E-state index contributed by atoms with van der Waals surface area (Å²) in [7, 11) is 0. The van der Waals surface area contributed by atoms with E-state index >= 15 is 0 Å². The summed E-state index contributed by atoms with van der Waals surface area (Å²) >= 11 is 0. The van der Waals surface area contributed by atoms with E-state index in [1.807, 2.05) is 63.1 Å². The molecular formula is C29H35N7O2. The largest absolute Gasteiger partial charge is 0.349 e. The molecule has 1 saturated heterocycles. The first-order valence-electron chi connectivity index (χ1n) is 13.2. The summed E-state index contributed by atoms with van der Waals surface area (Å²) in [5.41, 5.74) is 4.49. The van der Waals surface area contributed by atoms with E-state index in [9.17, 15) is 9.59 Å². The average molecular weight is 514 g/mol. The van der Waals surface area contributed by atoms with Crippen LogP contribution in [-0.2, 0) is 4.79 Å². The molecule has 0 radical (unpaired) electrons. The van der Waals surface area contributed by atoms with E-state index in [4.69, 9.17) is 0 Å². The number of fused-ring (bicyclic) bond motifs is 1. The summed E-state index contributed by atoms with van der Waals surface area (Å²) in [4.78, 5) is 30.2. The van der Waals surface area contributed by atoms with Gasteiger partial charge in [0.15, 0.2) is 5.82 Å². The molecule has 2 amide bonds. The molecule has 0 bridgehead atoms. The SMILES string of the molecule is Cc1nn(-c2cccnn2)c(C)c1C(=O)N1C=C2CN(CC[C@H](NC(=O)C(C)C)c3ccccc3)CC2C1. The van der Waals surface area contributed by atoms with Crippen LogP contribution in [0.3, 0.4) is 0 Å². The lowest BCUT2D eigenvalue weighted by molar-refractivity contribution is -0.124. The monoisotopic (exact) mass is 513 g/mol. The molecule has 0 aliphatic carbocycles. The van der Waals surface area contributed by atoms with Crippen molar-refractivity contribution >= 4 is 11.8 Å². The third kappa shape index (κ3) is 5.24. The number of benzene rings is 1. The van der Waals surface area contributed by atoms with Gasteiger partial charge < -0.3 is 10.2 Å². The van der Waals surface area contributed by atoms with E-state index in [1.165, 1.54) is 5.57 Å². The molecule has 1 unspecified atom stereocenters. The maximum Gasteiger partial charge on any atom is 0.261 e. The molecule has 2 atom stereocenters. The van der Waals surface area contributed by atoms with E-state index in [0.717, 1.165) is 37.3 Å². The number of likely N-dealkylation sites (tertiary alicyclic amines) is 1. The normalized spacial score (nSPS) is 18.0. The van der Waals surface area contributed by atoms with Crippen molar-refractivity contribution in [1.29, 1.82) is 0 Å². The molecule has 5 rings (SSSR count). The van der Waals surface area contributed by atoms with Crippen LogP contribution < -0.4 is 5.32 Å². The number of hydrogen-bond acceptors (Lipinski definition) is 6. The lowest BCUT2D eigenvalue weighted by atomic mass is 10.0. The Kier molecular flexibility index (Phi) is 7.37. The number of nitrogens with one attached hydrogen (secondary N) is 1. The Morgan fingerprint density at radius 1 is 1.08 bits per heavy atom. The molecule has 2 aliphatic rings. The Morgan fingerprint density at radius 3 is 2.55 bits per heavy atom. The van der Waals surface area contributed by atoms with Crippen LogP contribution in [0.2, 0.25) is 0 Å². The average Bonchev–Trinajstić information content (AvgIpc) is 3.58. The van der Waals surface area contributed by atoms with Gasteiger partial charge in [-0.2, -0.15) is 10.2 Å². The predicted octanol–water partition coefficient (Wildman–Crippen LogP) is 3.45. The van der Waals surface area contributed by atoms with Crippen LogP contribution in [0.5, 0.6) is 0 Å². The van der Waals surface area contributed by atoms with Crippen molar-refractivity contribution in [3.05, 3.63) is 82.9 Å². The number of rotatable bonds is 8. The lowest BCUT2D eigenvalue weighted by Gasteiger charge is -2.24. The maximum absolute atomic E-state index is 13.5. The molecule has 4 heterocycles. The van der Waals surface area contributed by atoms with Crippen LogP contribution in [0.15, 0.2) is 60.4 Å². The van der Waals surface area contributed by atoms with Crippen LogP contribution >= 0.6 is 0 Å². The van der Waals surface area contributed by atoms with Gasteiger partial charge in [-0.05, 0) is 43.5 Å². The van der Waals surface area contributed by atoms with Crippen LogP contribution in [0.25, 0.3) is 5.82 Å². The van der Waals surface area contributed by atoms with Crippen molar-refractivity contribution in [2.75, 3.05) is 26.2 Å². The predicted molar refractivity (Wildman–Crippen MR) is 144 cm³/mol. The Morgan fingerprint density at radius 2 is 1.87 bits per heavy atom. The van der Waals surface area contributed by atoms with E-state index in [2.05, 4.69) is 37.6 Å². The molecule has 0 saturated carbocycles. The second kappa shape index (κ2) is 10.9. The Hall–Kier alpha value is -3.85. The van der Waals surface area contributed by atoms with Gasteiger partial charge in [0.25, 0.3) is 5.91 Å². The molecule has 198 valence electrons. The summed E-state index contributed by atoms with van der Waals surface area (Å²) < 4.78 is 1.68. The molecule has 1 fully saturated rings. The van der Waals surface area contributed by atoms with Crippen LogP contribution in [0.1, 0.15) is 53.6 Å². The number of carbonyl (C=O) groups is 2. The number of hydrogen-bond donors (Lipinski definition) is 1. The van der Waals surface area contributed by atoms with Crippen molar-refractivity contribution in [3.8, 4) is 5.82 Å². The van der Waals surface area contributed by atoms with Crippen LogP contribution in [0, 0.1) is 25.7 Å². The number of nitrogens with zero attached hydrogens (tertiary/aromatic N) is 6. The smallest absolute Gasteiger partial charge is 0.261 e.